The molecule has 4 nitrogen and oxygen atoms in total. The second-order valence-electron chi connectivity index (χ2n) is 4.68. The summed E-state index contributed by atoms with van der Waals surface area (Å²) in [5.41, 5.74) is 2.19. The number of benzene rings is 2. The van der Waals surface area contributed by atoms with Gasteiger partial charge in [0.25, 0.3) is 5.91 Å². The molecule has 1 amide bonds. The topological polar surface area (TPSA) is 47.6 Å². The second kappa shape index (κ2) is 5.71. The first-order valence-electron chi connectivity index (χ1n) is 6.64. The molecular weight excluding hydrogens is 266 g/mol. The first kappa shape index (κ1) is 13.2. The number of ether oxygens (including phenoxy) is 2. The lowest BCUT2D eigenvalue weighted by molar-refractivity contribution is -0.113. The number of fused-ring (bicyclic) bond motifs is 1. The first-order chi connectivity index (χ1) is 10.3. The molecule has 106 valence electrons. The Balaban J connectivity index is 1.82. The van der Waals surface area contributed by atoms with Crippen molar-refractivity contribution in [3.63, 3.8) is 0 Å². The van der Waals surface area contributed by atoms with Gasteiger partial charge in [-0.3, -0.25) is 4.79 Å². The highest BCUT2D eigenvalue weighted by Crippen LogP contribution is 2.30. The molecule has 1 aliphatic rings. The third-order valence-corrected chi connectivity index (χ3v) is 3.25. The van der Waals surface area contributed by atoms with E-state index in [1.54, 1.807) is 7.11 Å². The highest BCUT2D eigenvalue weighted by Gasteiger charge is 2.17. The molecule has 0 spiro atoms. The van der Waals surface area contributed by atoms with Crippen molar-refractivity contribution in [1.82, 2.24) is 0 Å². The second-order valence-corrected chi connectivity index (χ2v) is 4.68. The molecule has 0 fully saturated rings. The number of carbonyl (C=O) groups is 1. The normalized spacial score (nSPS) is 12.7. The Morgan fingerprint density at radius 2 is 2.00 bits per heavy atom. The fraction of sp³-hybridized carbons (Fsp3) is 0.118. The minimum absolute atomic E-state index is 0.158. The maximum atomic E-state index is 12.2. The predicted octanol–water partition coefficient (Wildman–Crippen LogP) is 3.11. The zero-order valence-electron chi connectivity index (χ0n) is 11.6. The van der Waals surface area contributed by atoms with Crippen LogP contribution in [-0.2, 0) is 4.79 Å². The van der Waals surface area contributed by atoms with Crippen LogP contribution in [0.1, 0.15) is 5.56 Å². The SMILES string of the molecule is COc1ccc2c(c1)C=C(C(=O)Nc1ccccc1)CO2. The molecule has 0 saturated heterocycles. The average Bonchev–Trinajstić information content (AvgIpc) is 2.54. The minimum atomic E-state index is -0.158. The van der Waals surface area contributed by atoms with Gasteiger partial charge in [-0.05, 0) is 36.4 Å². The number of anilines is 1. The molecule has 0 radical (unpaired) electrons. The molecule has 3 rings (SSSR count). The predicted molar refractivity (Wildman–Crippen MR) is 81.5 cm³/mol. The molecule has 0 saturated carbocycles. The van der Waals surface area contributed by atoms with Crippen molar-refractivity contribution in [3.8, 4) is 11.5 Å². The van der Waals surface area contributed by atoms with Gasteiger partial charge in [-0.2, -0.15) is 0 Å². The van der Waals surface area contributed by atoms with E-state index in [-0.39, 0.29) is 12.5 Å². The van der Waals surface area contributed by atoms with Crippen LogP contribution < -0.4 is 14.8 Å². The Labute approximate surface area is 123 Å². The van der Waals surface area contributed by atoms with E-state index in [1.807, 2.05) is 54.6 Å². The number of hydrogen-bond donors (Lipinski definition) is 1. The van der Waals surface area contributed by atoms with E-state index in [2.05, 4.69) is 5.32 Å². The summed E-state index contributed by atoms with van der Waals surface area (Å²) in [7, 11) is 1.61. The number of rotatable bonds is 3. The number of para-hydroxylation sites is 1. The standard InChI is InChI=1S/C17H15NO3/c1-20-15-7-8-16-12(10-15)9-13(11-21-16)17(19)18-14-5-3-2-4-6-14/h2-10H,11H2,1H3,(H,18,19). The molecule has 0 aromatic heterocycles. The van der Waals surface area contributed by atoms with Crippen molar-refractivity contribution in [2.24, 2.45) is 0 Å². The van der Waals surface area contributed by atoms with Gasteiger partial charge in [0, 0.05) is 11.3 Å². The van der Waals surface area contributed by atoms with E-state index in [0.717, 1.165) is 22.7 Å². The van der Waals surface area contributed by atoms with E-state index in [0.29, 0.717) is 5.57 Å². The zero-order chi connectivity index (χ0) is 14.7. The largest absolute Gasteiger partial charge is 0.497 e. The molecule has 0 aliphatic carbocycles. The maximum Gasteiger partial charge on any atom is 0.255 e. The Morgan fingerprint density at radius 3 is 2.76 bits per heavy atom. The summed E-state index contributed by atoms with van der Waals surface area (Å²) in [6.45, 7) is 0.262. The van der Waals surface area contributed by atoms with Gasteiger partial charge in [-0.1, -0.05) is 18.2 Å². The van der Waals surface area contributed by atoms with Crippen molar-refractivity contribution in [2.45, 2.75) is 0 Å². The van der Waals surface area contributed by atoms with Crippen molar-refractivity contribution in [1.29, 1.82) is 0 Å². The van der Waals surface area contributed by atoms with Crippen LogP contribution in [0.25, 0.3) is 6.08 Å². The van der Waals surface area contributed by atoms with Crippen LogP contribution in [0.3, 0.4) is 0 Å². The zero-order valence-corrected chi connectivity index (χ0v) is 11.6. The quantitative estimate of drug-likeness (QED) is 0.940. The van der Waals surface area contributed by atoms with Gasteiger partial charge < -0.3 is 14.8 Å². The lowest BCUT2D eigenvalue weighted by Crippen LogP contribution is -2.21. The Kier molecular flexibility index (Phi) is 3.60. The van der Waals surface area contributed by atoms with Crippen LogP contribution in [0.2, 0.25) is 0 Å². The summed E-state index contributed by atoms with van der Waals surface area (Å²) < 4.78 is 10.8. The van der Waals surface area contributed by atoms with Gasteiger partial charge in [0.2, 0.25) is 0 Å². The van der Waals surface area contributed by atoms with Crippen molar-refractivity contribution in [3.05, 3.63) is 59.7 Å². The Bertz CT molecular complexity index is 692. The Morgan fingerprint density at radius 1 is 1.19 bits per heavy atom. The maximum absolute atomic E-state index is 12.2. The number of amides is 1. The van der Waals surface area contributed by atoms with E-state index in [9.17, 15) is 4.79 Å². The monoisotopic (exact) mass is 281 g/mol. The van der Waals surface area contributed by atoms with Crippen LogP contribution in [0, 0.1) is 0 Å². The third-order valence-electron chi connectivity index (χ3n) is 3.25. The van der Waals surface area contributed by atoms with Crippen molar-refractivity contribution in [2.75, 3.05) is 19.0 Å². The van der Waals surface area contributed by atoms with Crippen molar-refractivity contribution >= 4 is 17.7 Å². The Hall–Kier alpha value is -2.75. The van der Waals surface area contributed by atoms with Crippen molar-refractivity contribution < 1.29 is 14.3 Å². The van der Waals surface area contributed by atoms with Crippen LogP contribution in [0.15, 0.2) is 54.1 Å². The molecule has 1 N–H and O–H groups in total. The summed E-state index contributed by atoms with van der Waals surface area (Å²) in [6.07, 6.45) is 1.83. The van der Waals surface area contributed by atoms with E-state index < -0.39 is 0 Å². The van der Waals surface area contributed by atoms with Gasteiger partial charge in [0.1, 0.15) is 18.1 Å². The van der Waals surface area contributed by atoms with Crippen LogP contribution in [-0.4, -0.2) is 19.6 Å². The average molecular weight is 281 g/mol. The van der Waals surface area contributed by atoms with Crippen LogP contribution >= 0.6 is 0 Å². The number of nitrogens with one attached hydrogen (secondary N) is 1. The third kappa shape index (κ3) is 2.89. The highest BCUT2D eigenvalue weighted by atomic mass is 16.5. The van der Waals surface area contributed by atoms with Gasteiger partial charge in [-0.15, -0.1) is 0 Å². The molecule has 4 heteroatoms. The van der Waals surface area contributed by atoms with Gasteiger partial charge in [0.05, 0.1) is 12.7 Å². The number of carbonyl (C=O) groups excluding carboxylic acids is 1. The number of methoxy groups -OCH3 is 1. The summed E-state index contributed by atoms with van der Waals surface area (Å²) >= 11 is 0. The first-order valence-corrected chi connectivity index (χ1v) is 6.64. The van der Waals surface area contributed by atoms with Crippen LogP contribution in [0.5, 0.6) is 11.5 Å². The lowest BCUT2D eigenvalue weighted by Gasteiger charge is -2.18. The molecular formula is C17H15NO3. The molecule has 2 aromatic rings. The fourth-order valence-corrected chi connectivity index (χ4v) is 2.15. The van der Waals surface area contributed by atoms with E-state index in [4.69, 9.17) is 9.47 Å². The summed E-state index contributed by atoms with van der Waals surface area (Å²) in [4.78, 5) is 12.2. The summed E-state index contributed by atoms with van der Waals surface area (Å²) in [5, 5.41) is 2.85. The molecule has 21 heavy (non-hydrogen) atoms. The molecule has 0 unspecified atom stereocenters. The summed E-state index contributed by atoms with van der Waals surface area (Å²) in [5.74, 6) is 1.33. The molecule has 1 heterocycles. The van der Waals surface area contributed by atoms with E-state index in [1.165, 1.54) is 0 Å². The molecule has 2 aromatic carbocycles. The fourth-order valence-electron chi connectivity index (χ4n) is 2.15. The number of hydrogen-bond acceptors (Lipinski definition) is 3. The molecule has 0 atom stereocenters. The molecule has 1 aliphatic heterocycles. The van der Waals surface area contributed by atoms with Gasteiger partial charge in [-0.25, -0.2) is 0 Å². The van der Waals surface area contributed by atoms with Gasteiger partial charge >= 0.3 is 0 Å². The van der Waals surface area contributed by atoms with E-state index >= 15 is 0 Å². The minimum Gasteiger partial charge on any atom is -0.497 e. The van der Waals surface area contributed by atoms with Crippen LogP contribution in [0.4, 0.5) is 5.69 Å². The smallest absolute Gasteiger partial charge is 0.255 e. The summed E-state index contributed by atoms with van der Waals surface area (Å²) in [6, 6.07) is 14.9. The highest BCUT2D eigenvalue weighted by molar-refractivity contribution is 6.07. The lowest BCUT2D eigenvalue weighted by atomic mass is 10.1. The molecule has 0 bridgehead atoms. The van der Waals surface area contributed by atoms with Gasteiger partial charge in [0.15, 0.2) is 0 Å².